The lowest BCUT2D eigenvalue weighted by molar-refractivity contribution is -0.136. The third kappa shape index (κ3) is 4.24. The van der Waals surface area contributed by atoms with Gasteiger partial charge in [0.15, 0.2) is 18.1 Å². The Morgan fingerprint density at radius 3 is 2.19 bits per heavy atom. The normalized spacial score (nSPS) is 10.0. The van der Waals surface area contributed by atoms with Gasteiger partial charge in [-0.05, 0) is 37.6 Å². The van der Waals surface area contributed by atoms with Crippen molar-refractivity contribution in [3.63, 3.8) is 0 Å². The highest BCUT2D eigenvalue weighted by Gasteiger charge is 2.11. The Hall–Kier alpha value is -2.49. The lowest BCUT2D eigenvalue weighted by Gasteiger charge is -2.11. The molecule has 0 aliphatic heterocycles. The highest BCUT2D eigenvalue weighted by molar-refractivity contribution is 5.74. The van der Waals surface area contributed by atoms with E-state index in [4.69, 9.17) is 14.2 Å². The zero-order chi connectivity index (χ0) is 15.1. The summed E-state index contributed by atoms with van der Waals surface area (Å²) in [5.41, 5.74) is 0.972. The van der Waals surface area contributed by atoms with Crippen LogP contribution in [0.15, 0.2) is 48.5 Å². The molecule has 0 atom stereocenters. The van der Waals surface area contributed by atoms with Crippen LogP contribution >= 0.6 is 0 Å². The fourth-order valence-electron chi connectivity index (χ4n) is 1.82. The first kappa shape index (κ1) is 14.9. The highest BCUT2D eigenvalue weighted by atomic mass is 16.6. The van der Waals surface area contributed by atoms with Crippen molar-refractivity contribution >= 4 is 5.97 Å². The molecule has 0 unspecified atom stereocenters. The molecule has 2 rings (SSSR count). The van der Waals surface area contributed by atoms with E-state index < -0.39 is 5.97 Å². The summed E-state index contributed by atoms with van der Waals surface area (Å²) >= 11 is 0. The van der Waals surface area contributed by atoms with Crippen molar-refractivity contribution in [3.8, 4) is 17.2 Å². The first-order valence-electron chi connectivity index (χ1n) is 6.81. The molecule has 0 saturated heterocycles. The van der Waals surface area contributed by atoms with Crippen LogP contribution in [0.3, 0.4) is 0 Å². The van der Waals surface area contributed by atoms with Crippen molar-refractivity contribution < 1.29 is 19.0 Å². The number of hydrogen-bond acceptors (Lipinski definition) is 4. The summed E-state index contributed by atoms with van der Waals surface area (Å²) in [5.74, 6) is 1.15. The van der Waals surface area contributed by atoms with Crippen LogP contribution in [0, 0.1) is 6.92 Å². The lowest BCUT2D eigenvalue weighted by Crippen LogP contribution is -2.18. The molecule has 0 heterocycles. The molecule has 0 fully saturated rings. The molecule has 0 amide bonds. The van der Waals surface area contributed by atoms with E-state index in [-0.39, 0.29) is 6.61 Å². The summed E-state index contributed by atoms with van der Waals surface area (Å²) in [6.45, 7) is 4.16. The molecule has 0 aliphatic rings. The van der Waals surface area contributed by atoms with Gasteiger partial charge in [0.1, 0.15) is 5.75 Å². The largest absolute Gasteiger partial charge is 0.490 e. The fourth-order valence-corrected chi connectivity index (χ4v) is 1.82. The van der Waals surface area contributed by atoms with E-state index in [9.17, 15) is 4.79 Å². The number of ether oxygens (including phenoxy) is 3. The topological polar surface area (TPSA) is 44.8 Å². The van der Waals surface area contributed by atoms with E-state index in [0.717, 1.165) is 5.56 Å². The van der Waals surface area contributed by atoms with Crippen LogP contribution in [-0.4, -0.2) is 19.2 Å². The Morgan fingerprint density at radius 1 is 0.905 bits per heavy atom. The minimum Gasteiger partial charge on any atom is -0.490 e. The molecular weight excluding hydrogens is 268 g/mol. The molecule has 4 heteroatoms. The van der Waals surface area contributed by atoms with Crippen LogP contribution in [0.4, 0.5) is 0 Å². The maximum atomic E-state index is 11.9. The Kier molecular flexibility index (Phi) is 5.21. The molecule has 2 aromatic carbocycles. The van der Waals surface area contributed by atoms with Crippen molar-refractivity contribution in [1.29, 1.82) is 0 Å². The number of hydrogen-bond donors (Lipinski definition) is 0. The molecule has 0 bridgehead atoms. The third-order valence-corrected chi connectivity index (χ3v) is 2.81. The predicted octanol–water partition coefficient (Wildman–Crippen LogP) is 3.38. The molecule has 0 spiro atoms. The summed E-state index contributed by atoms with van der Waals surface area (Å²) in [6.07, 6.45) is 0. The van der Waals surface area contributed by atoms with Gasteiger partial charge >= 0.3 is 5.97 Å². The van der Waals surface area contributed by atoms with Gasteiger partial charge in [-0.3, -0.25) is 0 Å². The summed E-state index contributed by atoms with van der Waals surface area (Å²) in [5, 5.41) is 0. The Labute approximate surface area is 124 Å². The standard InChI is InChI=1S/C17H18O4/c1-3-19-15-10-6-7-11-16(15)21-17(18)12-20-14-9-5-4-8-13(14)2/h4-11H,3,12H2,1-2H3. The highest BCUT2D eigenvalue weighted by Crippen LogP contribution is 2.26. The Morgan fingerprint density at radius 2 is 1.52 bits per heavy atom. The zero-order valence-corrected chi connectivity index (χ0v) is 12.2. The average Bonchev–Trinajstić information content (AvgIpc) is 2.49. The van der Waals surface area contributed by atoms with Crippen LogP contribution < -0.4 is 14.2 Å². The summed E-state index contributed by atoms with van der Waals surface area (Å²) in [7, 11) is 0. The summed E-state index contributed by atoms with van der Waals surface area (Å²) < 4.78 is 16.1. The van der Waals surface area contributed by atoms with Crippen molar-refractivity contribution in [3.05, 3.63) is 54.1 Å². The van der Waals surface area contributed by atoms with Crippen molar-refractivity contribution in [2.45, 2.75) is 13.8 Å². The van der Waals surface area contributed by atoms with E-state index in [1.54, 1.807) is 18.2 Å². The second-order valence-electron chi connectivity index (χ2n) is 4.41. The molecule has 0 aromatic heterocycles. The number of benzene rings is 2. The zero-order valence-electron chi connectivity index (χ0n) is 12.2. The third-order valence-electron chi connectivity index (χ3n) is 2.81. The van der Waals surface area contributed by atoms with Gasteiger partial charge in [-0.1, -0.05) is 30.3 Å². The predicted molar refractivity (Wildman–Crippen MR) is 79.9 cm³/mol. The van der Waals surface area contributed by atoms with Gasteiger partial charge in [-0.2, -0.15) is 0 Å². The molecular formula is C17H18O4. The number of para-hydroxylation sites is 3. The van der Waals surface area contributed by atoms with Crippen molar-refractivity contribution in [2.75, 3.05) is 13.2 Å². The maximum Gasteiger partial charge on any atom is 0.349 e. The van der Waals surface area contributed by atoms with Gasteiger partial charge in [-0.25, -0.2) is 4.79 Å². The molecule has 0 N–H and O–H groups in total. The molecule has 0 aliphatic carbocycles. The monoisotopic (exact) mass is 286 g/mol. The second kappa shape index (κ2) is 7.33. The molecule has 110 valence electrons. The van der Waals surface area contributed by atoms with Gasteiger partial charge in [0.05, 0.1) is 6.61 Å². The van der Waals surface area contributed by atoms with Crippen LogP contribution in [0.2, 0.25) is 0 Å². The smallest absolute Gasteiger partial charge is 0.349 e. The molecule has 0 radical (unpaired) electrons. The van der Waals surface area contributed by atoms with Crippen LogP contribution in [-0.2, 0) is 4.79 Å². The number of carbonyl (C=O) groups is 1. The first-order valence-corrected chi connectivity index (χ1v) is 6.81. The van der Waals surface area contributed by atoms with Gasteiger partial charge in [0.25, 0.3) is 0 Å². The fraction of sp³-hybridized carbons (Fsp3) is 0.235. The van der Waals surface area contributed by atoms with Crippen LogP contribution in [0.1, 0.15) is 12.5 Å². The minimum absolute atomic E-state index is 0.148. The minimum atomic E-state index is -0.467. The quantitative estimate of drug-likeness (QED) is 0.603. The molecule has 21 heavy (non-hydrogen) atoms. The first-order chi connectivity index (χ1) is 10.2. The van der Waals surface area contributed by atoms with Gasteiger partial charge in [0, 0.05) is 0 Å². The SMILES string of the molecule is CCOc1ccccc1OC(=O)COc1ccccc1C. The average molecular weight is 286 g/mol. The van der Waals surface area contributed by atoms with E-state index in [1.807, 2.05) is 44.2 Å². The Balaban J connectivity index is 1.95. The molecule has 2 aromatic rings. The van der Waals surface area contributed by atoms with E-state index in [2.05, 4.69) is 0 Å². The lowest BCUT2D eigenvalue weighted by atomic mass is 10.2. The van der Waals surface area contributed by atoms with E-state index in [1.165, 1.54) is 0 Å². The number of esters is 1. The molecule has 4 nitrogen and oxygen atoms in total. The summed E-state index contributed by atoms with van der Waals surface area (Å²) in [6, 6.07) is 14.6. The number of rotatable bonds is 6. The van der Waals surface area contributed by atoms with Crippen molar-refractivity contribution in [1.82, 2.24) is 0 Å². The Bertz CT molecular complexity index is 607. The van der Waals surface area contributed by atoms with Crippen LogP contribution in [0.5, 0.6) is 17.2 Å². The van der Waals surface area contributed by atoms with E-state index >= 15 is 0 Å². The second-order valence-corrected chi connectivity index (χ2v) is 4.41. The van der Waals surface area contributed by atoms with E-state index in [0.29, 0.717) is 23.9 Å². The molecule has 0 saturated carbocycles. The van der Waals surface area contributed by atoms with Crippen molar-refractivity contribution in [2.24, 2.45) is 0 Å². The summed E-state index contributed by atoms with van der Waals surface area (Å²) in [4.78, 5) is 11.9. The van der Waals surface area contributed by atoms with Gasteiger partial charge in [0.2, 0.25) is 0 Å². The van der Waals surface area contributed by atoms with Crippen LogP contribution in [0.25, 0.3) is 0 Å². The number of carbonyl (C=O) groups excluding carboxylic acids is 1. The van der Waals surface area contributed by atoms with Gasteiger partial charge < -0.3 is 14.2 Å². The number of aryl methyl sites for hydroxylation is 1. The maximum absolute atomic E-state index is 11.9. The van der Waals surface area contributed by atoms with Gasteiger partial charge in [-0.15, -0.1) is 0 Å².